The molecule has 7 nitrogen and oxygen atoms in total. The molecule has 37 heavy (non-hydrogen) atoms. The molecule has 4 rings (SSSR count). The molecule has 2 aliphatic rings. The van der Waals surface area contributed by atoms with Crippen molar-refractivity contribution in [1.29, 1.82) is 0 Å². The lowest BCUT2D eigenvalue weighted by Crippen LogP contribution is -2.35. The minimum absolute atomic E-state index is 0.0115. The number of benzene rings is 1. The molecule has 7 heteroatoms. The number of aliphatic hydroxyl groups excluding tert-OH is 1. The van der Waals surface area contributed by atoms with E-state index in [1.807, 2.05) is 33.8 Å². The molecule has 0 fully saturated rings. The van der Waals surface area contributed by atoms with E-state index in [1.165, 1.54) is 6.07 Å². The van der Waals surface area contributed by atoms with E-state index in [9.17, 15) is 29.7 Å². The minimum atomic E-state index is -0.800. The van der Waals surface area contributed by atoms with Crippen LogP contribution in [0.25, 0.3) is 16.5 Å². The number of carbonyl (C=O) groups is 2. The van der Waals surface area contributed by atoms with Crippen molar-refractivity contribution in [1.82, 2.24) is 0 Å². The lowest BCUT2D eigenvalue weighted by molar-refractivity contribution is -0.132. The smallest absolute Gasteiger partial charge is 0.233 e. The summed E-state index contributed by atoms with van der Waals surface area (Å²) < 4.78 is 6.04. The number of ketones is 2. The number of phenolic OH excluding ortho intramolecular Hbond substituents is 2. The molecular weight excluding hydrogens is 472 g/mol. The number of phenols is 2. The van der Waals surface area contributed by atoms with Gasteiger partial charge in [-0.3, -0.25) is 14.4 Å². The number of carbonyl (C=O) groups excluding carboxylic acids is 2. The highest BCUT2D eigenvalue weighted by Crippen LogP contribution is 2.46. The Morgan fingerprint density at radius 3 is 2.22 bits per heavy atom. The zero-order valence-corrected chi connectivity index (χ0v) is 21.6. The first-order valence-electron chi connectivity index (χ1n) is 12.1. The zero-order chi connectivity index (χ0) is 27.3. The van der Waals surface area contributed by atoms with E-state index in [0.717, 1.165) is 11.1 Å². The van der Waals surface area contributed by atoms with Crippen LogP contribution in [0.4, 0.5) is 0 Å². The molecule has 0 unspecified atom stereocenters. The van der Waals surface area contributed by atoms with Crippen molar-refractivity contribution < 1.29 is 29.3 Å². The van der Waals surface area contributed by atoms with Crippen LogP contribution < -0.4 is 5.43 Å². The summed E-state index contributed by atoms with van der Waals surface area (Å²) in [4.78, 5) is 40.0. The maximum absolute atomic E-state index is 13.8. The third-order valence-electron chi connectivity index (χ3n) is 6.86. The van der Waals surface area contributed by atoms with Gasteiger partial charge in [0.05, 0.1) is 5.57 Å². The second-order valence-corrected chi connectivity index (χ2v) is 10.2. The molecule has 1 aromatic carbocycles. The van der Waals surface area contributed by atoms with Gasteiger partial charge in [-0.1, -0.05) is 35.5 Å². The van der Waals surface area contributed by atoms with Gasteiger partial charge in [0.15, 0.2) is 5.43 Å². The van der Waals surface area contributed by atoms with Gasteiger partial charge in [0.2, 0.25) is 11.6 Å². The average Bonchev–Trinajstić information content (AvgIpc) is 2.80. The number of aliphatic hydroxyl groups is 1. The molecule has 192 valence electrons. The van der Waals surface area contributed by atoms with Gasteiger partial charge in [-0.2, -0.15) is 0 Å². The Balaban J connectivity index is 2.07. The minimum Gasteiger partial charge on any atom is -0.507 e. The molecule has 2 aromatic rings. The largest absolute Gasteiger partial charge is 0.507 e. The molecule has 0 bridgehead atoms. The fourth-order valence-corrected chi connectivity index (χ4v) is 4.84. The highest BCUT2D eigenvalue weighted by Gasteiger charge is 2.44. The SMILES string of the molecule is C=C(C)[C@H]1Cc2c(oc3cc(O)c(CC=C(C)C)c(O)c3c2=O)C2=C1C(=O)C(=O)C(CC=C(C)C)=C2O. The molecule has 0 saturated heterocycles. The normalized spacial score (nSPS) is 17.1. The van der Waals surface area contributed by atoms with Crippen LogP contribution in [0.2, 0.25) is 0 Å². The van der Waals surface area contributed by atoms with E-state index in [-0.39, 0.29) is 75.3 Å². The average molecular weight is 503 g/mol. The maximum Gasteiger partial charge on any atom is 0.233 e. The first-order valence-corrected chi connectivity index (χ1v) is 12.1. The van der Waals surface area contributed by atoms with Gasteiger partial charge in [-0.05, 0) is 53.9 Å². The molecule has 3 N–H and O–H groups in total. The lowest BCUT2D eigenvalue weighted by Gasteiger charge is -2.31. The molecule has 1 aromatic heterocycles. The van der Waals surface area contributed by atoms with Crippen molar-refractivity contribution in [3.05, 3.63) is 85.5 Å². The van der Waals surface area contributed by atoms with Gasteiger partial charge in [-0.25, -0.2) is 0 Å². The Morgan fingerprint density at radius 1 is 1.00 bits per heavy atom. The summed E-state index contributed by atoms with van der Waals surface area (Å²) in [6.07, 6.45) is 3.81. The zero-order valence-electron chi connectivity index (χ0n) is 21.6. The number of aromatic hydroxyl groups is 2. The second kappa shape index (κ2) is 9.39. The Kier molecular flexibility index (Phi) is 6.59. The first kappa shape index (κ1) is 25.9. The summed E-state index contributed by atoms with van der Waals surface area (Å²) in [6.45, 7) is 13.1. The van der Waals surface area contributed by atoms with Crippen LogP contribution in [0.5, 0.6) is 11.5 Å². The fourth-order valence-electron chi connectivity index (χ4n) is 4.84. The monoisotopic (exact) mass is 502 g/mol. The fraction of sp³-hybridized carbons (Fsp3) is 0.300. The third-order valence-corrected chi connectivity index (χ3v) is 6.86. The van der Waals surface area contributed by atoms with Gasteiger partial charge in [0.25, 0.3) is 0 Å². The first-order chi connectivity index (χ1) is 17.3. The highest BCUT2D eigenvalue weighted by molar-refractivity contribution is 6.52. The van der Waals surface area contributed by atoms with Crippen molar-refractivity contribution in [2.24, 2.45) is 5.92 Å². The second-order valence-electron chi connectivity index (χ2n) is 10.2. The van der Waals surface area contributed by atoms with Crippen LogP contribution in [0.15, 0.2) is 67.6 Å². The molecule has 0 aliphatic heterocycles. The predicted octanol–water partition coefficient (Wildman–Crippen LogP) is 5.54. The third kappa shape index (κ3) is 4.24. The Morgan fingerprint density at radius 2 is 1.62 bits per heavy atom. The predicted molar refractivity (Wildman–Crippen MR) is 142 cm³/mol. The van der Waals surface area contributed by atoms with Gasteiger partial charge >= 0.3 is 0 Å². The quantitative estimate of drug-likeness (QED) is 0.279. The number of hydrogen-bond donors (Lipinski definition) is 3. The summed E-state index contributed by atoms with van der Waals surface area (Å²) >= 11 is 0. The van der Waals surface area contributed by atoms with Gasteiger partial charge in [0.1, 0.15) is 34.0 Å². The van der Waals surface area contributed by atoms with Gasteiger partial charge in [-0.15, -0.1) is 0 Å². The highest BCUT2D eigenvalue weighted by atomic mass is 16.3. The van der Waals surface area contributed by atoms with E-state index < -0.39 is 28.7 Å². The van der Waals surface area contributed by atoms with Crippen molar-refractivity contribution in [3.8, 4) is 11.5 Å². The van der Waals surface area contributed by atoms with E-state index in [0.29, 0.717) is 5.57 Å². The molecule has 1 heterocycles. The van der Waals surface area contributed by atoms with E-state index in [2.05, 4.69) is 6.58 Å². The van der Waals surface area contributed by atoms with Crippen LogP contribution in [-0.2, 0) is 22.4 Å². The maximum atomic E-state index is 13.8. The van der Waals surface area contributed by atoms with Crippen molar-refractivity contribution in [3.63, 3.8) is 0 Å². The Bertz CT molecular complexity index is 1580. The summed E-state index contributed by atoms with van der Waals surface area (Å²) in [5.41, 5.74) is 2.09. The molecule has 0 saturated carbocycles. The summed E-state index contributed by atoms with van der Waals surface area (Å²) in [5.74, 6) is -3.37. The van der Waals surface area contributed by atoms with Crippen LogP contribution in [0.3, 0.4) is 0 Å². The van der Waals surface area contributed by atoms with Gasteiger partial charge < -0.3 is 19.7 Å². The van der Waals surface area contributed by atoms with Crippen molar-refractivity contribution >= 4 is 28.1 Å². The van der Waals surface area contributed by atoms with Crippen LogP contribution in [-0.4, -0.2) is 26.9 Å². The molecule has 0 radical (unpaired) electrons. The number of hydrogen-bond acceptors (Lipinski definition) is 7. The molecular formula is C30H30O7. The van der Waals surface area contributed by atoms with Crippen LogP contribution in [0.1, 0.15) is 57.9 Å². The summed E-state index contributed by atoms with van der Waals surface area (Å²) in [7, 11) is 0. The number of rotatable bonds is 5. The molecule has 0 amide bonds. The van der Waals surface area contributed by atoms with Crippen LogP contribution in [0, 0.1) is 5.92 Å². The molecule has 0 spiro atoms. The Hall–Kier alpha value is -4.13. The van der Waals surface area contributed by atoms with Crippen LogP contribution >= 0.6 is 0 Å². The van der Waals surface area contributed by atoms with E-state index >= 15 is 0 Å². The standard InChI is InChI=1S/C30H30O7/c1-13(2)7-9-16-20(31)12-21-23(25(16)32)27(34)19-11-18(15(5)6)22-24(30(19)37-21)26(33)17(10-8-14(3)4)28(35)29(22)36/h7-8,12,18,31-33H,5,9-11H2,1-4,6H3/t18-/m1/s1. The summed E-state index contributed by atoms with van der Waals surface area (Å²) in [6, 6.07) is 1.25. The molecule has 2 aliphatic carbocycles. The van der Waals surface area contributed by atoms with E-state index in [1.54, 1.807) is 13.0 Å². The summed E-state index contributed by atoms with van der Waals surface area (Å²) in [5, 5.41) is 32.8. The topological polar surface area (TPSA) is 125 Å². The molecule has 1 atom stereocenters. The van der Waals surface area contributed by atoms with Gasteiger partial charge in [0, 0.05) is 34.3 Å². The number of Topliss-reactive ketones (excluding diaryl/α,β-unsaturated/α-hetero) is 2. The number of allylic oxidation sites excluding steroid dienone is 8. The lowest BCUT2D eigenvalue weighted by atomic mass is 9.71. The van der Waals surface area contributed by atoms with Crippen molar-refractivity contribution in [2.75, 3.05) is 0 Å². The number of fused-ring (bicyclic) bond motifs is 3. The van der Waals surface area contributed by atoms with Crippen molar-refractivity contribution in [2.45, 2.75) is 53.9 Å². The Labute approximate surface area is 214 Å². The van der Waals surface area contributed by atoms with E-state index in [4.69, 9.17) is 4.42 Å².